The molecule has 0 bridgehead atoms. The standard InChI is InChI=1S/C13H15N3O3S/c17-20(18,16-12-8-15-19-9-12)13-5-1-10(2-6-13)7-14-11-3-4-11/h1-2,5-6,8-9,11,14,16H,3-4,7H2. The Balaban J connectivity index is 1.69. The molecule has 1 aliphatic rings. The second-order valence-electron chi connectivity index (χ2n) is 4.82. The Morgan fingerprint density at radius 2 is 2.00 bits per heavy atom. The van der Waals surface area contributed by atoms with E-state index in [4.69, 9.17) is 0 Å². The van der Waals surface area contributed by atoms with Crippen molar-refractivity contribution in [2.45, 2.75) is 30.3 Å². The molecule has 3 rings (SSSR count). The number of hydrogen-bond donors (Lipinski definition) is 2. The van der Waals surface area contributed by atoms with Gasteiger partial charge in [-0.2, -0.15) is 0 Å². The smallest absolute Gasteiger partial charge is 0.262 e. The molecule has 2 aromatic rings. The number of aromatic nitrogens is 1. The van der Waals surface area contributed by atoms with Crippen molar-refractivity contribution in [3.63, 3.8) is 0 Å². The first-order chi connectivity index (χ1) is 9.63. The van der Waals surface area contributed by atoms with Gasteiger partial charge in [0.05, 0.1) is 11.1 Å². The summed E-state index contributed by atoms with van der Waals surface area (Å²) in [4.78, 5) is 0.217. The van der Waals surface area contributed by atoms with Crippen molar-refractivity contribution < 1.29 is 12.9 Å². The van der Waals surface area contributed by atoms with Crippen LogP contribution in [-0.2, 0) is 16.6 Å². The van der Waals surface area contributed by atoms with Gasteiger partial charge >= 0.3 is 0 Å². The fourth-order valence-corrected chi connectivity index (χ4v) is 2.83. The molecule has 0 saturated heterocycles. The Kier molecular flexibility index (Phi) is 3.45. The van der Waals surface area contributed by atoms with Crippen LogP contribution < -0.4 is 10.0 Å². The summed E-state index contributed by atoms with van der Waals surface area (Å²) in [5, 5.41) is 6.83. The van der Waals surface area contributed by atoms with Crippen LogP contribution in [0.1, 0.15) is 18.4 Å². The third-order valence-electron chi connectivity index (χ3n) is 3.09. The lowest BCUT2D eigenvalue weighted by Crippen LogP contribution is -2.16. The van der Waals surface area contributed by atoms with Gasteiger partial charge in [0.25, 0.3) is 10.0 Å². The van der Waals surface area contributed by atoms with E-state index in [0.717, 1.165) is 12.1 Å². The highest BCUT2D eigenvalue weighted by atomic mass is 32.2. The summed E-state index contributed by atoms with van der Waals surface area (Å²) in [5.74, 6) is 0. The van der Waals surface area contributed by atoms with Gasteiger partial charge in [-0.1, -0.05) is 17.3 Å². The summed E-state index contributed by atoms with van der Waals surface area (Å²) < 4.78 is 31.2. The predicted molar refractivity (Wildman–Crippen MR) is 73.6 cm³/mol. The molecule has 0 spiro atoms. The summed E-state index contributed by atoms with van der Waals surface area (Å²) in [6.07, 6.45) is 5.02. The van der Waals surface area contributed by atoms with Gasteiger partial charge in [0.15, 0.2) is 0 Å². The lowest BCUT2D eigenvalue weighted by atomic mass is 10.2. The Labute approximate surface area is 117 Å². The van der Waals surface area contributed by atoms with Crippen LogP contribution in [0.25, 0.3) is 0 Å². The minimum absolute atomic E-state index is 0.217. The molecule has 1 fully saturated rings. The first-order valence-corrected chi connectivity index (χ1v) is 7.86. The highest BCUT2D eigenvalue weighted by Crippen LogP contribution is 2.20. The monoisotopic (exact) mass is 293 g/mol. The first-order valence-electron chi connectivity index (χ1n) is 6.38. The number of anilines is 1. The van der Waals surface area contributed by atoms with Gasteiger partial charge in [-0.3, -0.25) is 4.72 Å². The van der Waals surface area contributed by atoms with Crippen LogP contribution in [0.15, 0.2) is 46.1 Å². The predicted octanol–water partition coefficient (Wildman–Crippen LogP) is 1.73. The molecule has 1 aromatic carbocycles. The lowest BCUT2D eigenvalue weighted by molar-refractivity contribution is 0.420. The molecule has 1 heterocycles. The minimum Gasteiger partial charge on any atom is -0.362 e. The van der Waals surface area contributed by atoms with E-state index in [-0.39, 0.29) is 4.90 Å². The van der Waals surface area contributed by atoms with Crippen molar-refractivity contribution in [2.75, 3.05) is 4.72 Å². The molecule has 1 saturated carbocycles. The molecule has 0 aliphatic heterocycles. The molecule has 2 N–H and O–H groups in total. The van der Waals surface area contributed by atoms with Crippen molar-refractivity contribution in [1.82, 2.24) is 10.5 Å². The summed E-state index contributed by atoms with van der Waals surface area (Å²) in [6.45, 7) is 0.768. The maximum atomic E-state index is 12.1. The van der Waals surface area contributed by atoms with E-state index in [1.807, 2.05) is 12.1 Å². The molecule has 7 heteroatoms. The molecule has 0 radical (unpaired) electrons. The van der Waals surface area contributed by atoms with Crippen LogP contribution in [0.5, 0.6) is 0 Å². The molecular formula is C13H15N3O3S. The van der Waals surface area contributed by atoms with Gasteiger partial charge in [-0.25, -0.2) is 8.42 Å². The van der Waals surface area contributed by atoms with E-state index in [2.05, 4.69) is 19.7 Å². The Morgan fingerprint density at radius 3 is 2.60 bits per heavy atom. The van der Waals surface area contributed by atoms with Crippen LogP contribution in [-0.4, -0.2) is 19.6 Å². The van der Waals surface area contributed by atoms with Gasteiger partial charge in [0.1, 0.15) is 12.0 Å². The van der Waals surface area contributed by atoms with Crippen LogP contribution >= 0.6 is 0 Å². The lowest BCUT2D eigenvalue weighted by Gasteiger charge is -2.07. The molecule has 1 aromatic heterocycles. The normalized spacial score (nSPS) is 15.2. The van der Waals surface area contributed by atoms with Gasteiger partial charge in [-0.15, -0.1) is 0 Å². The highest BCUT2D eigenvalue weighted by molar-refractivity contribution is 7.92. The average Bonchev–Trinajstić information content (AvgIpc) is 3.14. The van der Waals surface area contributed by atoms with E-state index in [1.165, 1.54) is 25.3 Å². The van der Waals surface area contributed by atoms with E-state index < -0.39 is 10.0 Å². The number of nitrogens with one attached hydrogen (secondary N) is 2. The second-order valence-corrected chi connectivity index (χ2v) is 6.50. The Hall–Kier alpha value is -1.86. The molecule has 1 aliphatic carbocycles. The van der Waals surface area contributed by atoms with Crippen LogP contribution in [0.4, 0.5) is 5.69 Å². The summed E-state index contributed by atoms with van der Waals surface area (Å²) in [6, 6.07) is 7.46. The largest absolute Gasteiger partial charge is 0.362 e. The number of sulfonamides is 1. The van der Waals surface area contributed by atoms with E-state index in [1.54, 1.807) is 12.1 Å². The average molecular weight is 293 g/mol. The maximum absolute atomic E-state index is 12.1. The molecule has 0 unspecified atom stereocenters. The van der Waals surface area contributed by atoms with Gasteiger partial charge in [-0.05, 0) is 30.5 Å². The van der Waals surface area contributed by atoms with Gasteiger partial charge < -0.3 is 9.84 Å². The molecule has 106 valence electrons. The first kappa shape index (κ1) is 13.1. The van der Waals surface area contributed by atoms with Crippen molar-refractivity contribution in [2.24, 2.45) is 0 Å². The van der Waals surface area contributed by atoms with E-state index in [9.17, 15) is 8.42 Å². The molecule has 0 amide bonds. The second kappa shape index (κ2) is 5.26. The number of benzene rings is 1. The molecule has 20 heavy (non-hydrogen) atoms. The van der Waals surface area contributed by atoms with Crippen molar-refractivity contribution in [3.05, 3.63) is 42.3 Å². The maximum Gasteiger partial charge on any atom is 0.262 e. The number of hydrogen-bond acceptors (Lipinski definition) is 5. The Bertz CT molecular complexity index is 661. The number of nitrogens with zero attached hydrogens (tertiary/aromatic N) is 1. The van der Waals surface area contributed by atoms with Gasteiger partial charge in [0.2, 0.25) is 0 Å². The molecule has 6 nitrogen and oxygen atoms in total. The SMILES string of the molecule is O=S(=O)(Nc1cnoc1)c1ccc(CNC2CC2)cc1. The fraction of sp³-hybridized carbons (Fsp3) is 0.308. The topological polar surface area (TPSA) is 84.2 Å². The van der Waals surface area contributed by atoms with Crippen molar-refractivity contribution in [3.8, 4) is 0 Å². The van der Waals surface area contributed by atoms with Gasteiger partial charge in [0, 0.05) is 12.6 Å². The van der Waals surface area contributed by atoms with Crippen LogP contribution in [0.2, 0.25) is 0 Å². The van der Waals surface area contributed by atoms with Crippen molar-refractivity contribution in [1.29, 1.82) is 0 Å². The highest BCUT2D eigenvalue weighted by Gasteiger charge is 2.20. The summed E-state index contributed by atoms with van der Waals surface area (Å²) >= 11 is 0. The number of rotatable bonds is 6. The molecule has 0 atom stereocenters. The fourth-order valence-electron chi connectivity index (χ4n) is 1.81. The van der Waals surface area contributed by atoms with E-state index in [0.29, 0.717) is 11.7 Å². The third kappa shape index (κ3) is 3.17. The zero-order chi connectivity index (χ0) is 14.0. The molecular weight excluding hydrogens is 278 g/mol. The zero-order valence-corrected chi connectivity index (χ0v) is 11.6. The third-order valence-corrected chi connectivity index (χ3v) is 4.49. The zero-order valence-electron chi connectivity index (χ0n) is 10.7. The minimum atomic E-state index is -3.59. The summed E-state index contributed by atoms with van der Waals surface area (Å²) in [5.41, 5.74) is 1.38. The van der Waals surface area contributed by atoms with Crippen LogP contribution in [0, 0.1) is 0 Å². The Morgan fingerprint density at radius 1 is 1.25 bits per heavy atom. The quantitative estimate of drug-likeness (QED) is 0.847. The summed E-state index contributed by atoms with van der Waals surface area (Å²) in [7, 11) is -3.59. The van der Waals surface area contributed by atoms with E-state index >= 15 is 0 Å². The van der Waals surface area contributed by atoms with Crippen molar-refractivity contribution >= 4 is 15.7 Å². The van der Waals surface area contributed by atoms with Crippen LogP contribution in [0.3, 0.4) is 0 Å².